The molecule has 4 rings (SSSR count). The number of methoxy groups -OCH3 is 3. The zero-order valence-corrected chi connectivity index (χ0v) is 20.9. The van der Waals surface area contributed by atoms with Crippen molar-refractivity contribution >= 4 is 44.4 Å². The third-order valence-corrected chi connectivity index (χ3v) is 7.37. The quantitative estimate of drug-likeness (QED) is 0.251. The summed E-state index contributed by atoms with van der Waals surface area (Å²) in [6, 6.07) is 21.5. The number of thiazole rings is 1. The summed E-state index contributed by atoms with van der Waals surface area (Å²) in [6.07, 6.45) is 0.383. The van der Waals surface area contributed by atoms with Gasteiger partial charge >= 0.3 is 0 Å². The first kappa shape index (κ1) is 23.9. The molecule has 0 saturated carbocycles. The summed E-state index contributed by atoms with van der Waals surface area (Å²) in [5.41, 5.74) is 1.73. The van der Waals surface area contributed by atoms with E-state index in [1.54, 1.807) is 38.0 Å². The van der Waals surface area contributed by atoms with Crippen LogP contribution in [-0.4, -0.2) is 38.0 Å². The largest absolute Gasteiger partial charge is 0.497 e. The maximum absolute atomic E-state index is 13.4. The summed E-state index contributed by atoms with van der Waals surface area (Å²) in [6.45, 7) is 0.442. The number of thioether (sulfide) groups is 1. The summed E-state index contributed by atoms with van der Waals surface area (Å²) in [7, 11) is 4.89. The highest BCUT2D eigenvalue weighted by Gasteiger charge is 2.23. The predicted octanol–water partition coefficient (Wildman–Crippen LogP) is 6.04. The highest BCUT2D eigenvalue weighted by atomic mass is 32.2. The molecule has 0 aliphatic heterocycles. The molecule has 1 amide bonds. The predicted molar refractivity (Wildman–Crippen MR) is 139 cm³/mol. The van der Waals surface area contributed by atoms with Gasteiger partial charge in [0.15, 0.2) is 5.13 Å². The van der Waals surface area contributed by atoms with Crippen molar-refractivity contribution in [2.75, 3.05) is 32.0 Å². The van der Waals surface area contributed by atoms with Crippen LogP contribution < -0.4 is 19.1 Å². The van der Waals surface area contributed by atoms with Gasteiger partial charge in [-0.1, -0.05) is 41.7 Å². The molecule has 6 nitrogen and oxygen atoms in total. The first-order valence-electron chi connectivity index (χ1n) is 10.8. The van der Waals surface area contributed by atoms with Crippen molar-refractivity contribution in [1.29, 1.82) is 0 Å². The molecule has 0 unspecified atom stereocenters. The van der Waals surface area contributed by atoms with Crippen LogP contribution in [0.1, 0.15) is 12.0 Å². The van der Waals surface area contributed by atoms with Crippen LogP contribution in [0, 0.1) is 0 Å². The smallest absolute Gasteiger partial charge is 0.229 e. The number of anilines is 1. The van der Waals surface area contributed by atoms with Crippen molar-refractivity contribution in [1.82, 2.24) is 4.98 Å². The SMILES string of the molecule is COc1ccc(SCCC(=O)N(Cc2ccccc2)c2nc3c(OC)ccc(OC)c3s2)cc1. The Bertz CT molecular complexity index is 1200. The number of nitrogens with zero attached hydrogens (tertiary/aromatic N) is 2. The average Bonchev–Trinajstić information content (AvgIpc) is 3.33. The van der Waals surface area contributed by atoms with Crippen molar-refractivity contribution in [3.05, 3.63) is 72.3 Å². The van der Waals surface area contributed by atoms with Crippen LogP contribution in [0.3, 0.4) is 0 Å². The lowest BCUT2D eigenvalue weighted by Crippen LogP contribution is -2.30. The van der Waals surface area contributed by atoms with Gasteiger partial charge in [0, 0.05) is 17.1 Å². The van der Waals surface area contributed by atoms with Crippen molar-refractivity contribution in [2.24, 2.45) is 0 Å². The molecule has 0 atom stereocenters. The average molecular weight is 495 g/mol. The number of ether oxygens (including phenoxy) is 3. The van der Waals surface area contributed by atoms with E-state index in [0.29, 0.717) is 40.9 Å². The molecule has 4 aromatic rings. The molecule has 176 valence electrons. The molecular formula is C26H26N2O4S2. The Balaban J connectivity index is 1.58. The molecule has 3 aromatic carbocycles. The topological polar surface area (TPSA) is 60.9 Å². The molecule has 0 bridgehead atoms. The first-order chi connectivity index (χ1) is 16.6. The number of benzene rings is 3. The highest BCUT2D eigenvalue weighted by molar-refractivity contribution is 7.99. The minimum Gasteiger partial charge on any atom is -0.497 e. The van der Waals surface area contributed by atoms with Gasteiger partial charge < -0.3 is 14.2 Å². The van der Waals surface area contributed by atoms with E-state index in [-0.39, 0.29) is 5.91 Å². The summed E-state index contributed by atoms with van der Waals surface area (Å²) in [4.78, 5) is 21.1. The number of fused-ring (bicyclic) bond motifs is 1. The van der Waals surface area contributed by atoms with Gasteiger partial charge in [-0.25, -0.2) is 4.98 Å². The Labute approximate surface area is 207 Å². The standard InChI is InChI=1S/C26H26N2O4S2/c1-30-19-9-11-20(12-10-19)33-16-15-23(29)28(17-18-7-5-4-6-8-18)26-27-24-21(31-2)13-14-22(32-3)25(24)34-26/h4-14H,15-17H2,1-3H3. The summed E-state index contributed by atoms with van der Waals surface area (Å²) >= 11 is 3.08. The molecule has 0 aliphatic carbocycles. The van der Waals surface area contributed by atoms with Crippen molar-refractivity contribution in [3.8, 4) is 17.2 Å². The molecule has 0 aliphatic rings. The van der Waals surface area contributed by atoms with E-state index in [9.17, 15) is 4.79 Å². The molecule has 34 heavy (non-hydrogen) atoms. The lowest BCUT2D eigenvalue weighted by molar-refractivity contribution is -0.118. The maximum Gasteiger partial charge on any atom is 0.229 e. The number of rotatable bonds is 10. The fourth-order valence-corrected chi connectivity index (χ4v) is 5.41. The van der Waals surface area contributed by atoms with Crippen molar-refractivity contribution in [3.63, 3.8) is 0 Å². The second-order valence-corrected chi connectivity index (χ2v) is 9.53. The number of carbonyl (C=O) groups excluding carboxylic acids is 1. The number of amides is 1. The second-order valence-electron chi connectivity index (χ2n) is 7.38. The third kappa shape index (κ3) is 5.46. The molecule has 0 fully saturated rings. The monoisotopic (exact) mass is 494 g/mol. The van der Waals surface area contributed by atoms with Crippen molar-refractivity contribution in [2.45, 2.75) is 17.9 Å². The van der Waals surface area contributed by atoms with Gasteiger partial charge in [-0.2, -0.15) is 0 Å². The Morgan fingerprint density at radius 3 is 2.29 bits per heavy atom. The summed E-state index contributed by atoms with van der Waals surface area (Å²) in [5.74, 6) is 2.86. The highest BCUT2D eigenvalue weighted by Crippen LogP contribution is 2.40. The van der Waals surface area contributed by atoms with Crippen LogP contribution in [0.25, 0.3) is 10.2 Å². The van der Waals surface area contributed by atoms with E-state index in [0.717, 1.165) is 20.9 Å². The number of hydrogen-bond acceptors (Lipinski definition) is 7. The summed E-state index contributed by atoms with van der Waals surface area (Å²) < 4.78 is 17.1. The lowest BCUT2D eigenvalue weighted by Gasteiger charge is -2.20. The van der Waals surface area contributed by atoms with Crippen LogP contribution >= 0.6 is 23.1 Å². The molecule has 1 aromatic heterocycles. The molecule has 0 radical (unpaired) electrons. The normalized spacial score (nSPS) is 10.8. The molecular weight excluding hydrogens is 468 g/mol. The second kappa shape index (κ2) is 11.3. The fourth-order valence-electron chi connectivity index (χ4n) is 3.48. The Morgan fingerprint density at radius 1 is 0.912 bits per heavy atom. The van der Waals surface area contributed by atoms with Gasteiger partial charge in [0.05, 0.1) is 27.9 Å². The van der Waals surface area contributed by atoms with E-state index < -0.39 is 0 Å². The van der Waals surface area contributed by atoms with Crippen LogP contribution in [0.2, 0.25) is 0 Å². The van der Waals surface area contributed by atoms with Crippen LogP contribution in [0.15, 0.2) is 71.6 Å². The van der Waals surface area contributed by atoms with Crippen molar-refractivity contribution < 1.29 is 19.0 Å². The number of aromatic nitrogens is 1. The summed E-state index contributed by atoms with van der Waals surface area (Å²) in [5, 5.41) is 0.626. The Kier molecular flexibility index (Phi) is 7.92. The van der Waals surface area contributed by atoms with E-state index in [1.165, 1.54) is 11.3 Å². The zero-order valence-electron chi connectivity index (χ0n) is 19.3. The van der Waals surface area contributed by atoms with E-state index >= 15 is 0 Å². The van der Waals surface area contributed by atoms with Gasteiger partial charge in [0.25, 0.3) is 0 Å². The van der Waals surface area contributed by atoms with Gasteiger partial charge in [-0.3, -0.25) is 9.69 Å². The van der Waals surface area contributed by atoms with E-state index in [4.69, 9.17) is 19.2 Å². The van der Waals surface area contributed by atoms with E-state index in [1.807, 2.05) is 66.7 Å². The van der Waals surface area contributed by atoms with Crippen LogP contribution in [0.4, 0.5) is 5.13 Å². The molecule has 0 N–H and O–H groups in total. The fraction of sp³-hybridized carbons (Fsp3) is 0.231. The molecule has 1 heterocycles. The number of hydrogen-bond donors (Lipinski definition) is 0. The minimum atomic E-state index is 0.0156. The lowest BCUT2D eigenvalue weighted by atomic mass is 10.2. The Hall–Kier alpha value is -3.23. The first-order valence-corrected chi connectivity index (χ1v) is 12.6. The molecule has 8 heteroatoms. The van der Waals surface area contributed by atoms with Gasteiger partial charge in [-0.05, 0) is 42.0 Å². The van der Waals surface area contributed by atoms with Gasteiger partial charge in [-0.15, -0.1) is 11.8 Å². The van der Waals surface area contributed by atoms with E-state index in [2.05, 4.69) is 0 Å². The Morgan fingerprint density at radius 2 is 1.62 bits per heavy atom. The third-order valence-electron chi connectivity index (χ3n) is 5.26. The number of carbonyl (C=O) groups is 1. The van der Waals surface area contributed by atoms with Gasteiger partial charge in [0.2, 0.25) is 5.91 Å². The minimum absolute atomic E-state index is 0.0156. The van der Waals surface area contributed by atoms with Gasteiger partial charge in [0.1, 0.15) is 27.5 Å². The molecule has 0 spiro atoms. The molecule has 0 saturated heterocycles. The maximum atomic E-state index is 13.4. The zero-order chi connectivity index (χ0) is 23.9. The van der Waals surface area contributed by atoms with Crippen LogP contribution in [0.5, 0.6) is 17.2 Å². The van der Waals surface area contributed by atoms with Crippen LogP contribution in [-0.2, 0) is 11.3 Å².